The second-order valence-electron chi connectivity index (χ2n) is 3.27. The van der Waals surface area contributed by atoms with E-state index in [2.05, 4.69) is 5.23 Å². The van der Waals surface area contributed by atoms with Gasteiger partial charge in [0.25, 0.3) is 0 Å². The molecule has 3 N–H and O–H groups in total. The second kappa shape index (κ2) is 6.45. The summed E-state index contributed by atoms with van der Waals surface area (Å²) in [7, 11) is 2.99. The molecule has 15 heavy (non-hydrogen) atoms. The van der Waals surface area contributed by atoms with Crippen molar-refractivity contribution >= 4 is 7.62 Å². The summed E-state index contributed by atoms with van der Waals surface area (Å²) in [5.41, 5.74) is 1.05. The van der Waals surface area contributed by atoms with Crippen LogP contribution in [-0.2, 0) is 11.1 Å². The minimum Gasteiger partial charge on any atom is -0.508 e. The normalized spacial score (nSPS) is 12.4. The van der Waals surface area contributed by atoms with E-state index in [0.717, 1.165) is 5.56 Å². The SMILES string of the molecule is CO[B]NC(CO)Cc1ccc(O)cc1. The van der Waals surface area contributed by atoms with Gasteiger partial charge >= 0.3 is 7.62 Å². The Hall–Kier alpha value is -1.04. The van der Waals surface area contributed by atoms with Crippen LogP contribution in [0.4, 0.5) is 0 Å². The largest absolute Gasteiger partial charge is 0.508 e. The van der Waals surface area contributed by atoms with Gasteiger partial charge in [-0.15, -0.1) is 0 Å². The lowest BCUT2D eigenvalue weighted by Gasteiger charge is -2.14. The molecule has 0 saturated carbocycles. The third-order valence-electron chi connectivity index (χ3n) is 2.06. The predicted molar refractivity (Wildman–Crippen MR) is 58.6 cm³/mol. The maximum absolute atomic E-state index is 9.10. The summed E-state index contributed by atoms with van der Waals surface area (Å²) in [6.07, 6.45) is 0.677. The molecule has 5 heteroatoms. The molecular weight excluding hydrogens is 193 g/mol. The number of aliphatic hydroxyl groups is 1. The molecule has 0 fully saturated rings. The zero-order valence-electron chi connectivity index (χ0n) is 8.68. The van der Waals surface area contributed by atoms with Gasteiger partial charge in [-0.3, -0.25) is 0 Å². The number of aliphatic hydroxyl groups excluding tert-OH is 1. The summed E-state index contributed by atoms with van der Waals surface area (Å²) < 4.78 is 4.74. The summed E-state index contributed by atoms with van der Waals surface area (Å²) in [5, 5.41) is 21.1. The van der Waals surface area contributed by atoms with Gasteiger partial charge in [0, 0.05) is 13.2 Å². The fourth-order valence-corrected chi connectivity index (χ4v) is 1.26. The summed E-state index contributed by atoms with van der Waals surface area (Å²) >= 11 is 0. The molecule has 0 heterocycles. The van der Waals surface area contributed by atoms with Crippen LogP contribution >= 0.6 is 0 Å². The predicted octanol–water partition coefficient (Wildman–Crippen LogP) is 0.0658. The van der Waals surface area contributed by atoms with E-state index in [9.17, 15) is 0 Å². The fourth-order valence-electron chi connectivity index (χ4n) is 1.26. The standard InChI is InChI=1S/C10H15BNO3/c1-15-11-12-9(7-13)6-8-2-4-10(14)5-3-8/h2-5,9,12-14H,6-7H2,1H3. The third kappa shape index (κ3) is 4.33. The molecule has 0 saturated heterocycles. The highest BCUT2D eigenvalue weighted by molar-refractivity contribution is 6.23. The lowest BCUT2D eigenvalue weighted by molar-refractivity contribution is 0.252. The van der Waals surface area contributed by atoms with Crippen molar-refractivity contribution in [1.82, 2.24) is 5.23 Å². The van der Waals surface area contributed by atoms with E-state index in [1.165, 1.54) is 7.62 Å². The first kappa shape index (κ1) is 12.0. The molecule has 0 amide bonds. The maximum Gasteiger partial charge on any atom is 0.395 e. The number of aromatic hydroxyl groups is 1. The van der Waals surface area contributed by atoms with E-state index < -0.39 is 0 Å². The first-order chi connectivity index (χ1) is 7.26. The summed E-state index contributed by atoms with van der Waals surface area (Å²) in [6, 6.07) is 6.83. The molecule has 81 valence electrons. The van der Waals surface area contributed by atoms with Crippen molar-refractivity contribution in [2.75, 3.05) is 13.7 Å². The molecule has 1 radical (unpaired) electrons. The molecule has 0 aromatic heterocycles. The Kier molecular flexibility index (Phi) is 5.17. The summed E-state index contributed by atoms with van der Waals surface area (Å²) in [6.45, 7) is 0.0285. The van der Waals surface area contributed by atoms with Gasteiger partial charge in [-0.25, -0.2) is 0 Å². The average molecular weight is 208 g/mol. The fraction of sp³-hybridized carbons (Fsp3) is 0.400. The molecule has 0 aliphatic heterocycles. The van der Waals surface area contributed by atoms with Crippen molar-refractivity contribution in [3.63, 3.8) is 0 Å². The molecule has 0 spiro atoms. The van der Waals surface area contributed by atoms with Crippen molar-refractivity contribution in [2.45, 2.75) is 12.5 Å². The Morgan fingerprint density at radius 2 is 2.07 bits per heavy atom. The average Bonchev–Trinajstić information content (AvgIpc) is 2.27. The van der Waals surface area contributed by atoms with Crippen molar-refractivity contribution in [3.8, 4) is 5.75 Å². The molecule has 0 aliphatic carbocycles. The van der Waals surface area contributed by atoms with Gasteiger partial charge in [-0.2, -0.15) is 0 Å². The summed E-state index contributed by atoms with van der Waals surface area (Å²) in [4.78, 5) is 0. The van der Waals surface area contributed by atoms with Crippen molar-refractivity contribution < 1.29 is 14.9 Å². The molecular formula is C10H15BNO3. The van der Waals surface area contributed by atoms with Crippen LogP contribution in [0.2, 0.25) is 0 Å². The Morgan fingerprint density at radius 3 is 2.60 bits per heavy atom. The van der Waals surface area contributed by atoms with Gasteiger partial charge in [0.15, 0.2) is 0 Å². The minimum atomic E-state index is -0.0745. The molecule has 4 nitrogen and oxygen atoms in total. The third-order valence-corrected chi connectivity index (χ3v) is 2.06. The van der Waals surface area contributed by atoms with Gasteiger partial charge < -0.3 is 20.1 Å². The topological polar surface area (TPSA) is 61.7 Å². The lowest BCUT2D eigenvalue weighted by Crippen LogP contribution is -2.37. The number of phenols is 1. The van der Waals surface area contributed by atoms with Crippen LogP contribution in [-0.4, -0.2) is 37.6 Å². The minimum absolute atomic E-state index is 0.0285. The highest BCUT2D eigenvalue weighted by Gasteiger charge is 2.08. The molecule has 1 aromatic carbocycles. The summed E-state index contributed by atoms with van der Waals surface area (Å²) in [5.74, 6) is 0.246. The first-order valence-corrected chi connectivity index (χ1v) is 4.75. The Bertz CT molecular complexity index is 279. The van der Waals surface area contributed by atoms with Crippen molar-refractivity contribution in [1.29, 1.82) is 0 Å². The zero-order chi connectivity index (χ0) is 11.1. The Morgan fingerprint density at radius 1 is 1.40 bits per heavy atom. The molecule has 0 bridgehead atoms. The monoisotopic (exact) mass is 208 g/mol. The Labute approximate surface area is 90.2 Å². The van der Waals surface area contributed by atoms with E-state index in [-0.39, 0.29) is 18.4 Å². The van der Waals surface area contributed by atoms with Crippen LogP contribution in [0, 0.1) is 0 Å². The van der Waals surface area contributed by atoms with Crippen molar-refractivity contribution in [3.05, 3.63) is 29.8 Å². The highest BCUT2D eigenvalue weighted by Crippen LogP contribution is 2.11. The number of nitrogens with one attached hydrogen (secondary N) is 1. The lowest BCUT2D eigenvalue weighted by atomic mass is 10.0. The van der Waals surface area contributed by atoms with Gasteiger partial charge in [0.1, 0.15) is 5.75 Å². The smallest absolute Gasteiger partial charge is 0.395 e. The van der Waals surface area contributed by atoms with Crippen LogP contribution in [0.15, 0.2) is 24.3 Å². The van der Waals surface area contributed by atoms with E-state index in [1.54, 1.807) is 19.2 Å². The first-order valence-electron chi connectivity index (χ1n) is 4.75. The van der Waals surface area contributed by atoms with Gasteiger partial charge in [-0.1, -0.05) is 12.1 Å². The number of benzene rings is 1. The van der Waals surface area contributed by atoms with E-state index in [4.69, 9.17) is 14.9 Å². The maximum atomic E-state index is 9.10. The second-order valence-corrected chi connectivity index (χ2v) is 3.27. The molecule has 1 unspecified atom stereocenters. The number of phenolic OH excluding ortho intramolecular Hbond substituents is 1. The van der Waals surface area contributed by atoms with Crippen LogP contribution in [0.3, 0.4) is 0 Å². The van der Waals surface area contributed by atoms with Crippen LogP contribution in [0.5, 0.6) is 5.75 Å². The van der Waals surface area contributed by atoms with Crippen LogP contribution in [0.1, 0.15) is 5.56 Å². The molecule has 1 aromatic rings. The number of hydrogen-bond donors (Lipinski definition) is 3. The highest BCUT2D eigenvalue weighted by atomic mass is 16.4. The van der Waals surface area contributed by atoms with Gasteiger partial charge in [0.05, 0.1) is 6.61 Å². The van der Waals surface area contributed by atoms with Crippen molar-refractivity contribution in [2.24, 2.45) is 0 Å². The van der Waals surface area contributed by atoms with E-state index in [1.807, 2.05) is 12.1 Å². The molecule has 1 rings (SSSR count). The number of rotatable bonds is 6. The van der Waals surface area contributed by atoms with Crippen LogP contribution in [0.25, 0.3) is 0 Å². The van der Waals surface area contributed by atoms with Gasteiger partial charge in [-0.05, 0) is 24.1 Å². The van der Waals surface area contributed by atoms with E-state index >= 15 is 0 Å². The molecule has 0 aliphatic rings. The van der Waals surface area contributed by atoms with Crippen LogP contribution < -0.4 is 5.23 Å². The zero-order valence-corrected chi connectivity index (χ0v) is 8.68. The Balaban J connectivity index is 2.47. The quantitative estimate of drug-likeness (QED) is 0.578. The number of hydrogen-bond acceptors (Lipinski definition) is 4. The van der Waals surface area contributed by atoms with Gasteiger partial charge in [0.2, 0.25) is 0 Å². The van der Waals surface area contributed by atoms with E-state index in [0.29, 0.717) is 6.42 Å². The molecule has 1 atom stereocenters.